The van der Waals surface area contributed by atoms with Crippen LogP contribution in [0.2, 0.25) is 0 Å². The smallest absolute Gasteiger partial charge is 0.343 e. The molecule has 0 atom stereocenters. The zero-order valence-electron chi connectivity index (χ0n) is 11.8. The molecule has 0 saturated heterocycles. The molecule has 0 radical (unpaired) electrons. The zero-order chi connectivity index (χ0) is 14.7. The van der Waals surface area contributed by atoms with Gasteiger partial charge in [0.15, 0.2) is 0 Å². The SMILES string of the molecule is Cc1n[nH]c(C)c1CCCNC(=O)c1nn(C)c(=O)[nH]1. The molecule has 0 aliphatic carbocycles. The molecule has 0 unspecified atom stereocenters. The largest absolute Gasteiger partial charge is 0.349 e. The maximum absolute atomic E-state index is 11.7. The van der Waals surface area contributed by atoms with E-state index in [-0.39, 0.29) is 11.7 Å². The summed E-state index contributed by atoms with van der Waals surface area (Å²) in [7, 11) is 1.49. The third-order valence-electron chi connectivity index (χ3n) is 3.15. The highest BCUT2D eigenvalue weighted by Gasteiger charge is 2.11. The standard InChI is InChI=1S/C12H18N6O2/c1-7-9(8(2)16-15-7)5-4-6-13-11(19)10-14-12(20)18(3)17-10/h4-6H2,1-3H3,(H,13,19)(H,15,16)(H,14,17,20). The number of carbonyl (C=O) groups excluding carboxylic acids is 1. The van der Waals surface area contributed by atoms with Crippen molar-refractivity contribution >= 4 is 5.91 Å². The molecular weight excluding hydrogens is 260 g/mol. The van der Waals surface area contributed by atoms with Gasteiger partial charge in [0.25, 0.3) is 5.91 Å². The van der Waals surface area contributed by atoms with Crippen LogP contribution in [-0.2, 0) is 13.5 Å². The van der Waals surface area contributed by atoms with E-state index in [1.54, 1.807) is 0 Å². The second kappa shape index (κ2) is 5.72. The highest BCUT2D eigenvalue weighted by atomic mass is 16.2. The van der Waals surface area contributed by atoms with Crippen LogP contribution in [0.25, 0.3) is 0 Å². The third-order valence-corrected chi connectivity index (χ3v) is 3.15. The van der Waals surface area contributed by atoms with Crippen LogP contribution in [0.3, 0.4) is 0 Å². The molecule has 0 aromatic carbocycles. The summed E-state index contributed by atoms with van der Waals surface area (Å²) in [6.07, 6.45) is 1.64. The summed E-state index contributed by atoms with van der Waals surface area (Å²) in [6.45, 7) is 4.45. The van der Waals surface area contributed by atoms with Gasteiger partial charge in [-0.2, -0.15) is 5.10 Å². The Hall–Kier alpha value is -2.38. The van der Waals surface area contributed by atoms with Gasteiger partial charge >= 0.3 is 5.69 Å². The quantitative estimate of drug-likeness (QED) is 0.659. The molecule has 0 fully saturated rings. The second-order valence-corrected chi connectivity index (χ2v) is 4.67. The minimum Gasteiger partial charge on any atom is -0.349 e. The van der Waals surface area contributed by atoms with Crippen molar-refractivity contribution in [1.82, 2.24) is 30.3 Å². The fourth-order valence-electron chi connectivity index (χ4n) is 2.00. The van der Waals surface area contributed by atoms with Crippen molar-refractivity contribution in [2.24, 2.45) is 7.05 Å². The molecule has 108 valence electrons. The minimum absolute atomic E-state index is 0.0353. The van der Waals surface area contributed by atoms with Crippen molar-refractivity contribution < 1.29 is 4.79 Å². The highest BCUT2D eigenvalue weighted by Crippen LogP contribution is 2.11. The molecule has 2 aromatic heterocycles. The molecule has 8 heteroatoms. The molecule has 0 saturated carbocycles. The van der Waals surface area contributed by atoms with Gasteiger partial charge in [-0.1, -0.05) is 0 Å². The van der Waals surface area contributed by atoms with E-state index in [1.807, 2.05) is 13.8 Å². The lowest BCUT2D eigenvalue weighted by Crippen LogP contribution is -2.26. The number of hydrogen-bond donors (Lipinski definition) is 3. The Morgan fingerprint density at radius 2 is 2.15 bits per heavy atom. The predicted molar refractivity (Wildman–Crippen MR) is 72.5 cm³/mol. The van der Waals surface area contributed by atoms with Gasteiger partial charge < -0.3 is 5.32 Å². The average Bonchev–Trinajstić information content (AvgIpc) is 2.90. The first kappa shape index (κ1) is 14.0. The Kier molecular flexibility index (Phi) is 4.02. The van der Waals surface area contributed by atoms with Crippen LogP contribution in [-0.4, -0.2) is 37.4 Å². The number of aromatic amines is 2. The van der Waals surface area contributed by atoms with Crippen molar-refractivity contribution in [1.29, 1.82) is 0 Å². The summed E-state index contributed by atoms with van der Waals surface area (Å²) in [4.78, 5) is 25.3. The van der Waals surface area contributed by atoms with Crippen molar-refractivity contribution in [2.75, 3.05) is 6.54 Å². The van der Waals surface area contributed by atoms with E-state index >= 15 is 0 Å². The molecule has 8 nitrogen and oxygen atoms in total. The molecule has 2 rings (SSSR count). The minimum atomic E-state index is -0.403. The van der Waals surface area contributed by atoms with Crippen molar-refractivity contribution in [3.8, 4) is 0 Å². The number of aryl methyl sites for hydroxylation is 3. The van der Waals surface area contributed by atoms with Crippen LogP contribution in [0.1, 0.15) is 34.0 Å². The van der Waals surface area contributed by atoms with Crippen molar-refractivity contribution in [3.63, 3.8) is 0 Å². The Bertz CT molecular complexity index is 646. The maximum Gasteiger partial charge on any atom is 0.343 e. The summed E-state index contributed by atoms with van der Waals surface area (Å²) in [6, 6.07) is 0. The molecule has 20 heavy (non-hydrogen) atoms. The van der Waals surface area contributed by atoms with Gasteiger partial charge in [-0.15, -0.1) is 5.10 Å². The number of H-pyrrole nitrogens is 2. The number of rotatable bonds is 5. The molecule has 0 spiro atoms. The van der Waals surface area contributed by atoms with Crippen LogP contribution < -0.4 is 11.0 Å². The first-order valence-electron chi connectivity index (χ1n) is 6.41. The molecule has 0 bridgehead atoms. The predicted octanol–water partition coefficient (Wildman–Crippen LogP) is -0.189. The number of amides is 1. The summed E-state index contributed by atoms with van der Waals surface area (Å²) in [5, 5.41) is 13.6. The molecule has 2 aromatic rings. The summed E-state index contributed by atoms with van der Waals surface area (Å²) in [5.41, 5.74) is 2.83. The topological polar surface area (TPSA) is 108 Å². The van der Waals surface area contributed by atoms with Gasteiger partial charge in [0, 0.05) is 19.3 Å². The van der Waals surface area contributed by atoms with Gasteiger partial charge in [0.1, 0.15) is 0 Å². The van der Waals surface area contributed by atoms with Gasteiger partial charge in [-0.25, -0.2) is 9.48 Å². The number of hydrogen-bond acceptors (Lipinski definition) is 4. The van der Waals surface area contributed by atoms with Gasteiger partial charge in [0.2, 0.25) is 5.82 Å². The summed E-state index contributed by atoms with van der Waals surface area (Å²) in [5.74, 6) is -0.337. The molecule has 0 aliphatic heterocycles. The Morgan fingerprint density at radius 3 is 2.70 bits per heavy atom. The Labute approximate surface area is 115 Å². The first-order chi connectivity index (χ1) is 9.49. The van der Waals surface area contributed by atoms with E-state index in [2.05, 4.69) is 25.6 Å². The van der Waals surface area contributed by atoms with Crippen LogP contribution >= 0.6 is 0 Å². The summed E-state index contributed by atoms with van der Waals surface area (Å²) >= 11 is 0. The number of nitrogens with one attached hydrogen (secondary N) is 3. The Morgan fingerprint density at radius 1 is 1.40 bits per heavy atom. The van der Waals surface area contributed by atoms with Crippen LogP contribution in [0, 0.1) is 13.8 Å². The van der Waals surface area contributed by atoms with E-state index < -0.39 is 5.69 Å². The van der Waals surface area contributed by atoms with E-state index in [0.717, 1.165) is 28.9 Å². The third kappa shape index (κ3) is 2.95. The van der Waals surface area contributed by atoms with Gasteiger partial charge in [-0.05, 0) is 32.3 Å². The van der Waals surface area contributed by atoms with E-state index in [9.17, 15) is 9.59 Å². The summed E-state index contributed by atoms with van der Waals surface area (Å²) < 4.78 is 1.09. The maximum atomic E-state index is 11.7. The van der Waals surface area contributed by atoms with Gasteiger partial charge in [-0.3, -0.25) is 14.9 Å². The number of carbonyl (C=O) groups is 1. The van der Waals surface area contributed by atoms with Crippen LogP contribution in [0.5, 0.6) is 0 Å². The first-order valence-corrected chi connectivity index (χ1v) is 6.41. The lowest BCUT2D eigenvalue weighted by molar-refractivity contribution is 0.0942. The normalized spacial score (nSPS) is 10.8. The average molecular weight is 278 g/mol. The Balaban J connectivity index is 1.82. The zero-order valence-corrected chi connectivity index (χ0v) is 11.8. The molecule has 1 amide bonds. The number of nitrogens with zero attached hydrogens (tertiary/aromatic N) is 3. The van der Waals surface area contributed by atoms with E-state index in [4.69, 9.17) is 0 Å². The fourth-order valence-corrected chi connectivity index (χ4v) is 2.00. The van der Waals surface area contributed by atoms with Crippen molar-refractivity contribution in [2.45, 2.75) is 26.7 Å². The molecule has 2 heterocycles. The van der Waals surface area contributed by atoms with Crippen LogP contribution in [0.4, 0.5) is 0 Å². The molecular formula is C12H18N6O2. The molecule has 3 N–H and O–H groups in total. The van der Waals surface area contributed by atoms with E-state index in [0.29, 0.717) is 6.54 Å². The van der Waals surface area contributed by atoms with Gasteiger partial charge in [0.05, 0.1) is 5.69 Å². The monoisotopic (exact) mass is 278 g/mol. The van der Waals surface area contributed by atoms with Crippen LogP contribution in [0.15, 0.2) is 4.79 Å². The van der Waals surface area contributed by atoms with Crippen molar-refractivity contribution in [3.05, 3.63) is 33.3 Å². The second-order valence-electron chi connectivity index (χ2n) is 4.67. The van der Waals surface area contributed by atoms with E-state index in [1.165, 1.54) is 12.6 Å². The molecule has 0 aliphatic rings. The number of aromatic nitrogens is 5. The highest BCUT2D eigenvalue weighted by molar-refractivity contribution is 5.90. The lowest BCUT2D eigenvalue weighted by Gasteiger charge is -2.03. The fraction of sp³-hybridized carbons (Fsp3) is 0.500. The lowest BCUT2D eigenvalue weighted by atomic mass is 10.1.